The SMILES string of the molecule is CCC(C)(N)COCc1cccc(OC)c1. The Morgan fingerprint density at radius 3 is 2.75 bits per heavy atom. The minimum absolute atomic E-state index is 0.237. The van der Waals surface area contributed by atoms with Gasteiger partial charge in [0, 0.05) is 5.54 Å². The smallest absolute Gasteiger partial charge is 0.119 e. The minimum Gasteiger partial charge on any atom is -0.497 e. The van der Waals surface area contributed by atoms with E-state index in [9.17, 15) is 0 Å². The molecule has 1 rings (SSSR count). The van der Waals surface area contributed by atoms with Gasteiger partial charge in [-0.1, -0.05) is 19.1 Å². The lowest BCUT2D eigenvalue weighted by Gasteiger charge is -2.22. The van der Waals surface area contributed by atoms with E-state index in [4.69, 9.17) is 15.2 Å². The molecule has 1 unspecified atom stereocenters. The van der Waals surface area contributed by atoms with E-state index in [-0.39, 0.29) is 5.54 Å². The number of hydrogen-bond donors (Lipinski definition) is 1. The predicted molar refractivity (Wildman–Crippen MR) is 65.5 cm³/mol. The van der Waals surface area contributed by atoms with E-state index in [1.165, 1.54) is 0 Å². The van der Waals surface area contributed by atoms with Crippen molar-refractivity contribution in [1.82, 2.24) is 0 Å². The molecular weight excluding hydrogens is 202 g/mol. The molecule has 0 amide bonds. The molecule has 0 saturated heterocycles. The van der Waals surface area contributed by atoms with Crippen LogP contribution in [0.2, 0.25) is 0 Å². The van der Waals surface area contributed by atoms with Crippen molar-refractivity contribution in [3.8, 4) is 5.75 Å². The van der Waals surface area contributed by atoms with Crippen LogP contribution in [0.5, 0.6) is 5.75 Å². The topological polar surface area (TPSA) is 44.5 Å². The minimum atomic E-state index is -0.237. The Balaban J connectivity index is 2.42. The molecule has 0 bridgehead atoms. The number of rotatable bonds is 6. The van der Waals surface area contributed by atoms with Gasteiger partial charge in [0.25, 0.3) is 0 Å². The fourth-order valence-electron chi connectivity index (χ4n) is 1.27. The fourth-order valence-corrected chi connectivity index (χ4v) is 1.27. The van der Waals surface area contributed by atoms with Crippen LogP contribution in [-0.2, 0) is 11.3 Å². The molecule has 16 heavy (non-hydrogen) atoms. The van der Waals surface area contributed by atoms with Gasteiger partial charge in [-0.15, -0.1) is 0 Å². The molecule has 90 valence electrons. The van der Waals surface area contributed by atoms with E-state index in [0.29, 0.717) is 13.2 Å². The first-order valence-corrected chi connectivity index (χ1v) is 5.57. The van der Waals surface area contributed by atoms with E-state index in [0.717, 1.165) is 17.7 Å². The largest absolute Gasteiger partial charge is 0.497 e. The van der Waals surface area contributed by atoms with Crippen molar-refractivity contribution in [3.05, 3.63) is 29.8 Å². The van der Waals surface area contributed by atoms with E-state index >= 15 is 0 Å². The second-order valence-electron chi connectivity index (χ2n) is 4.35. The summed E-state index contributed by atoms with van der Waals surface area (Å²) in [5.74, 6) is 0.854. The second-order valence-corrected chi connectivity index (χ2v) is 4.35. The standard InChI is InChI=1S/C13H21NO2/c1-4-13(2,14)10-16-9-11-6-5-7-12(8-11)15-3/h5-8H,4,9-10,14H2,1-3H3. The van der Waals surface area contributed by atoms with E-state index in [2.05, 4.69) is 6.92 Å². The molecule has 0 fully saturated rings. The van der Waals surface area contributed by atoms with Gasteiger partial charge >= 0.3 is 0 Å². The Labute approximate surface area is 97.6 Å². The molecule has 0 radical (unpaired) electrons. The number of ether oxygens (including phenoxy) is 2. The number of nitrogens with two attached hydrogens (primary N) is 1. The van der Waals surface area contributed by atoms with Gasteiger partial charge in [-0.25, -0.2) is 0 Å². The van der Waals surface area contributed by atoms with Gasteiger partial charge in [0.05, 0.1) is 20.3 Å². The summed E-state index contributed by atoms with van der Waals surface area (Å²) in [6.07, 6.45) is 0.908. The third kappa shape index (κ3) is 4.21. The molecule has 0 aliphatic carbocycles. The molecule has 0 aliphatic rings. The van der Waals surface area contributed by atoms with E-state index in [1.54, 1.807) is 7.11 Å². The zero-order chi connectivity index (χ0) is 12.0. The third-order valence-corrected chi connectivity index (χ3v) is 2.64. The predicted octanol–water partition coefficient (Wildman–Crippen LogP) is 2.34. The summed E-state index contributed by atoms with van der Waals surface area (Å²) in [4.78, 5) is 0. The molecule has 1 aromatic carbocycles. The zero-order valence-corrected chi connectivity index (χ0v) is 10.3. The lowest BCUT2D eigenvalue weighted by molar-refractivity contribution is 0.0776. The van der Waals surface area contributed by atoms with Crippen LogP contribution < -0.4 is 10.5 Å². The molecule has 0 aromatic heterocycles. The maximum absolute atomic E-state index is 5.99. The first-order valence-electron chi connectivity index (χ1n) is 5.57. The Kier molecular flexibility index (Phi) is 4.77. The summed E-state index contributed by atoms with van der Waals surface area (Å²) in [7, 11) is 1.66. The van der Waals surface area contributed by atoms with E-state index in [1.807, 2.05) is 31.2 Å². The molecule has 0 saturated carbocycles. The Hall–Kier alpha value is -1.06. The summed E-state index contributed by atoms with van der Waals surface area (Å²) < 4.78 is 10.7. The van der Waals surface area contributed by atoms with Crippen LogP contribution in [0.4, 0.5) is 0 Å². The normalized spacial score (nSPS) is 14.5. The highest BCUT2D eigenvalue weighted by molar-refractivity contribution is 5.27. The zero-order valence-electron chi connectivity index (χ0n) is 10.3. The van der Waals surface area contributed by atoms with Crippen LogP contribution in [-0.4, -0.2) is 19.3 Å². The van der Waals surface area contributed by atoms with Crippen LogP contribution >= 0.6 is 0 Å². The van der Waals surface area contributed by atoms with Crippen molar-refractivity contribution in [2.24, 2.45) is 5.73 Å². The molecule has 0 aliphatic heterocycles. The molecule has 3 nitrogen and oxygen atoms in total. The molecule has 2 N–H and O–H groups in total. The molecule has 1 aromatic rings. The number of hydrogen-bond acceptors (Lipinski definition) is 3. The molecule has 1 atom stereocenters. The Bertz CT molecular complexity index is 323. The van der Waals surface area contributed by atoms with Gasteiger partial charge in [-0.2, -0.15) is 0 Å². The van der Waals surface area contributed by atoms with Gasteiger partial charge in [0.15, 0.2) is 0 Å². The Morgan fingerprint density at radius 1 is 1.38 bits per heavy atom. The van der Waals surface area contributed by atoms with Gasteiger partial charge in [0.1, 0.15) is 5.75 Å². The Morgan fingerprint density at radius 2 is 2.12 bits per heavy atom. The van der Waals surface area contributed by atoms with Crippen LogP contribution in [0.3, 0.4) is 0 Å². The summed E-state index contributed by atoms with van der Waals surface area (Å²) in [5.41, 5.74) is 6.85. The monoisotopic (exact) mass is 223 g/mol. The average molecular weight is 223 g/mol. The van der Waals surface area contributed by atoms with E-state index < -0.39 is 0 Å². The molecule has 0 spiro atoms. The first kappa shape index (κ1) is 13.0. The summed E-state index contributed by atoms with van der Waals surface area (Å²) >= 11 is 0. The van der Waals surface area contributed by atoms with Crippen LogP contribution in [0.1, 0.15) is 25.8 Å². The van der Waals surface area contributed by atoms with Crippen LogP contribution in [0.25, 0.3) is 0 Å². The van der Waals surface area contributed by atoms with Crippen molar-refractivity contribution in [2.75, 3.05) is 13.7 Å². The molecule has 3 heteroatoms. The lowest BCUT2D eigenvalue weighted by Crippen LogP contribution is -2.40. The lowest BCUT2D eigenvalue weighted by atomic mass is 10.0. The quantitative estimate of drug-likeness (QED) is 0.805. The third-order valence-electron chi connectivity index (χ3n) is 2.64. The summed E-state index contributed by atoms with van der Waals surface area (Å²) in [6, 6.07) is 7.86. The number of benzene rings is 1. The van der Waals surface area contributed by atoms with Gasteiger partial charge in [-0.05, 0) is 31.0 Å². The van der Waals surface area contributed by atoms with Crippen molar-refractivity contribution in [2.45, 2.75) is 32.4 Å². The number of methoxy groups -OCH3 is 1. The average Bonchev–Trinajstić information content (AvgIpc) is 2.29. The molecule has 0 heterocycles. The van der Waals surface area contributed by atoms with Gasteiger partial charge < -0.3 is 15.2 Å². The maximum atomic E-state index is 5.99. The highest BCUT2D eigenvalue weighted by atomic mass is 16.5. The first-order chi connectivity index (χ1) is 7.57. The van der Waals surface area contributed by atoms with Crippen LogP contribution in [0, 0.1) is 0 Å². The van der Waals surface area contributed by atoms with Gasteiger partial charge in [0.2, 0.25) is 0 Å². The highest BCUT2D eigenvalue weighted by Gasteiger charge is 2.15. The molecular formula is C13H21NO2. The second kappa shape index (κ2) is 5.87. The summed E-state index contributed by atoms with van der Waals surface area (Å²) in [6.45, 7) is 5.21. The van der Waals surface area contributed by atoms with Crippen molar-refractivity contribution in [3.63, 3.8) is 0 Å². The maximum Gasteiger partial charge on any atom is 0.119 e. The van der Waals surface area contributed by atoms with Crippen molar-refractivity contribution in [1.29, 1.82) is 0 Å². The van der Waals surface area contributed by atoms with Crippen LogP contribution in [0.15, 0.2) is 24.3 Å². The van der Waals surface area contributed by atoms with Crippen molar-refractivity contribution < 1.29 is 9.47 Å². The fraction of sp³-hybridized carbons (Fsp3) is 0.538. The highest BCUT2D eigenvalue weighted by Crippen LogP contribution is 2.14. The van der Waals surface area contributed by atoms with Crippen molar-refractivity contribution >= 4 is 0 Å². The van der Waals surface area contributed by atoms with Gasteiger partial charge in [-0.3, -0.25) is 0 Å². The summed E-state index contributed by atoms with van der Waals surface area (Å²) in [5, 5.41) is 0.